The smallest absolute Gasteiger partial charge is 0.115 e. The van der Waals surface area contributed by atoms with E-state index in [-0.39, 0.29) is 0 Å². The number of nitrogens with zero attached hydrogens (tertiary/aromatic N) is 3. The highest BCUT2D eigenvalue weighted by atomic mass is 16.4. The van der Waals surface area contributed by atoms with Crippen molar-refractivity contribution in [3.05, 3.63) is 24.3 Å². The molecule has 0 bridgehead atoms. The molecule has 0 aliphatic heterocycles. The minimum atomic E-state index is 0.514. The van der Waals surface area contributed by atoms with Crippen molar-refractivity contribution in [2.45, 2.75) is 6.92 Å². The lowest BCUT2D eigenvalue weighted by Gasteiger charge is -1.92. The van der Waals surface area contributed by atoms with Crippen LogP contribution < -0.4 is 0 Å². The van der Waals surface area contributed by atoms with Crippen molar-refractivity contribution in [3.8, 4) is 0 Å². The third-order valence-electron chi connectivity index (χ3n) is 1.13. The Balaban J connectivity index is 2.96. The Labute approximate surface area is 58.2 Å². The summed E-state index contributed by atoms with van der Waals surface area (Å²) in [6.07, 6.45) is 4.60. The highest BCUT2D eigenvalue weighted by Gasteiger charge is 1.94. The average molecular weight is 137 g/mol. The van der Waals surface area contributed by atoms with Crippen LogP contribution in [0.1, 0.15) is 12.5 Å². The van der Waals surface area contributed by atoms with Gasteiger partial charge in [-0.15, -0.1) is 0 Å². The van der Waals surface area contributed by atoms with Gasteiger partial charge in [0.1, 0.15) is 6.33 Å². The summed E-state index contributed by atoms with van der Waals surface area (Å²) >= 11 is 0. The number of rotatable bonds is 1. The van der Waals surface area contributed by atoms with Crippen molar-refractivity contribution in [2.75, 3.05) is 0 Å². The van der Waals surface area contributed by atoms with Gasteiger partial charge in [0.05, 0.1) is 5.71 Å². The molecule has 0 radical (unpaired) electrons. The summed E-state index contributed by atoms with van der Waals surface area (Å²) in [5.74, 6) is 0. The van der Waals surface area contributed by atoms with Crippen LogP contribution in [0.25, 0.3) is 0 Å². The second kappa shape index (κ2) is 2.91. The molecule has 1 N–H and O–H groups in total. The third-order valence-corrected chi connectivity index (χ3v) is 1.13. The second-order valence-corrected chi connectivity index (χ2v) is 1.81. The third kappa shape index (κ3) is 1.28. The van der Waals surface area contributed by atoms with Gasteiger partial charge < -0.3 is 5.21 Å². The Morgan fingerprint density at radius 1 is 1.50 bits per heavy atom. The zero-order valence-electron chi connectivity index (χ0n) is 5.52. The molecule has 0 unspecified atom stereocenters. The van der Waals surface area contributed by atoms with Gasteiger partial charge in [-0.3, -0.25) is 0 Å². The van der Waals surface area contributed by atoms with Crippen LogP contribution in [-0.4, -0.2) is 20.9 Å². The highest BCUT2D eigenvalue weighted by Crippen LogP contribution is 1.94. The normalized spacial score (nSPS) is 11.5. The van der Waals surface area contributed by atoms with Crippen LogP contribution in [0.15, 0.2) is 23.9 Å². The standard InChI is InChI=1S/C6H7N3O/c1-5(9-10)6-2-7-4-8-3-6/h2-4,10H,1H3/b9-5+. The summed E-state index contributed by atoms with van der Waals surface area (Å²) in [7, 11) is 0. The maximum absolute atomic E-state index is 8.32. The van der Waals surface area contributed by atoms with Crippen LogP contribution in [0.3, 0.4) is 0 Å². The lowest BCUT2D eigenvalue weighted by atomic mass is 10.2. The van der Waals surface area contributed by atoms with E-state index in [0.717, 1.165) is 5.56 Å². The van der Waals surface area contributed by atoms with Crippen molar-refractivity contribution >= 4 is 5.71 Å². The first-order chi connectivity index (χ1) is 4.84. The molecule has 0 amide bonds. The lowest BCUT2D eigenvalue weighted by molar-refractivity contribution is 0.319. The van der Waals surface area contributed by atoms with Gasteiger partial charge in [-0.1, -0.05) is 5.16 Å². The molecular weight excluding hydrogens is 130 g/mol. The second-order valence-electron chi connectivity index (χ2n) is 1.81. The highest BCUT2D eigenvalue weighted by molar-refractivity contribution is 5.97. The topological polar surface area (TPSA) is 58.4 Å². The Bertz CT molecular complexity index is 232. The number of oxime groups is 1. The van der Waals surface area contributed by atoms with E-state index in [4.69, 9.17) is 5.21 Å². The first-order valence-electron chi connectivity index (χ1n) is 2.78. The minimum Gasteiger partial charge on any atom is -0.411 e. The van der Waals surface area contributed by atoms with Crippen molar-refractivity contribution in [2.24, 2.45) is 5.16 Å². The maximum Gasteiger partial charge on any atom is 0.115 e. The average Bonchev–Trinajstić information content (AvgIpc) is 2.05. The van der Waals surface area contributed by atoms with E-state index >= 15 is 0 Å². The van der Waals surface area contributed by atoms with E-state index in [1.807, 2.05) is 0 Å². The van der Waals surface area contributed by atoms with Crippen molar-refractivity contribution in [1.82, 2.24) is 9.97 Å². The molecule has 1 rings (SSSR count). The molecule has 52 valence electrons. The van der Waals surface area contributed by atoms with Crippen LogP contribution >= 0.6 is 0 Å². The molecule has 1 aromatic rings. The summed E-state index contributed by atoms with van der Waals surface area (Å²) in [6, 6.07) is 0. The number of aromatic nitrogens is 2. The fraction of sp³-hybridized carbons (Fsp3) is 0.167. The largest absolute Gasteiger partial charge is 0.411 e. The molecule has 1 heterocycles. The molecule has 0 fully saturated rings. The van der Waals surface area contributed by atoms with E-state index < -0.39 is 0 Å². The quantitative estimate of drug-likeness (QED) is 0.351. The van der Waals surface area contributed by atoms with Gasteiger partial charge in [0.2, 0.25) is 0 Å². The predicted molar refractivity (Wildman–Crippen MR) is 36.0 cm³/mol. The summed E-state index contributed by atoms with van der Waals surface area (Å²) in [5, 5.41) is 11.3. The van der Waals surface area contributed by atoms with Crippen LogP contribution in [0, 0.1) is 0 Å². The van der Waals surface area contributed by atoms with Gasteiger partial charge in [0, 0.05) is 18.0 Å². The zero-order valence-corrected chi connectivity index (χ0v) is 5.52. The molecule has 0 aliphatic carbocycles. The van der Waals surface area contributed by atoms with E-state index in [1.54, 1.807) is 19.3 Å². The molecule has 0 spiro atoms. The predicted octanol–water partition coefficient (Wildman–Crippen LogP) is 0.675. The summed E-state index contributed by atoms with van der Waals surface area (Å²) in [4.78, 5) is 7.50. The Morgan fingerprint density at radius 3 is 2.60 bits per heavy atom. The first-order valence-corrected chi connectivity index (χ1v) is 2.78. The SMILES string of the molecule is C/C(=N\O)c1cncnc1. The van der Waals surface area contributed by atoms with E-state index in [1.165, 1.54) is 6.33 Å². The van der Waals surface area contributed by atoms with Gasteiger partial charge in [0.25, 0.3) is 0 Å². The molecule has 0 aromatic carbocycles. The van der Waals surface area contributed by atoms with Gasteiger partial charge in [-0.25, -0.2) is 9.97 Å². The van der Waals surface area contributed by atoms with Gasteiger partial charge in [-0.05, 0) is 6.92 Å². The molecular formula is C6H7N3O. The number of hydrogen-bond donors (Lipinski definition) is 1. The summed E-state index contributed by atoms with van der Waals surface area (Å²) in [5.41, 5.74) is 1.24. The molecule has 1 aromatic heterocycles. The Hall–Kier alpha value is -1.45. The van der Waals surface area contributed by atoms with Crippen LogP contribution in [0.4, 0.5) is 0 Å². The van der Waals surface area contributed by atoms with E-state index in [9.17, 15) is 0 Å². The van der Waals surface area contributed by atoms with Crippen LogP contribution in [0.5, 0.6) is 0 Å². The molecule has 0 saturated heterocycles. The monoisotopic (exact) mass is 137 g/mol. The zero-order chi connectivity index (χ0) is 7.40. The summed E-state index contributed by atoms with van der Waals surface area (Å²) < 4.78 is 0. The fourth-order valence-corrected chi connectivity index (χ4v) is 0.544. The maximum atomic E-state index is 8.32. The Kier molecular flexibility index (Phi) is 1.94. The van der Waals surface area contributed by atoms with Gasteiger partial charge in [-0.2, -0.15) is 0 Å². The lowest BCUT2D eigenvalue weighted by Crippen LogP contribution is -1.95. The molecule has 4 nitrogen and oxygen atoms in total. The molecule has 10 heavy (non-hydrogen) atoms. The molecule has 4 heteroatoms. The number of hydrogen-bond acceptors (Lipinski definition) is 4. The van der Waals surface area contributed by atoms with Gasteiger partial charge >= 0.3 is 0 Å². The van der Waals surface area contributed by atoms with Crippen molar-refractivity contribution < 1.29 is 5.21 Å². The van der Waals surface area contributed by atoms with E-state index in [2.05, 4.69) is 15.1 Å². The fourth-order valence-electron chi connectivity index (χ4n) is 0.544. The van der Waals surface area contributed by atoms with Crippen molar-refractivity contribution in [3.63, 3.8) is 0 Å². The van der Waals surface area contributed by atoms with Crippen LogP contribution in [0.2, 0.25) is 0 Å². The van der Waals surface area contributed by atoms with E-state index in [0.29, 0.717) is 5.71 Å². The Morgan fingerprint density at radius 2 is 2.10 bits per heavy atom. The van der Waals surface area contributed by atoms with Crippen LogP contribution in [-0.2, 0) is 0 Å². The molecule has 0 aliphatic rings. The molecule has 0 atom stereocenters. The first kappa shape index (κ1) is 6.67. The van der Waals surface area contributed by atoms with Crippen molar-refractivity contribution in [1.29, 1.82) is 0 Å². The summed E-state index contributed by atoms with van der Waals surface area (Å²) in [6.45, 7) is 1.68. The minimum absolute atomic E-state index is 0.514. The van der Waals surface area contributed by atoms with Gasteiger partial charge in [0.15, 0.2) is 0 Å². The molecule has 0 saturated carbocycles.